The van der Waals surface area contributed by atoms with E-state index in [-0.39, 0.29) is 17.5 Å². The van der Waals surface area contributed by atoms with Gasteiger partial charge in [0.25, 0.3) is 0 Å². The maximum Gasteiger partial charge on any atom is 0.236 e. The van der Waals surface area contributed by atoms with Gasteiger partial charge in [-0.25, -0.2) is 4.39 Å². The summed E-state index contributed by atoms with van der Waals surface area (Å²) in [4.78, 5) is 19.0. The van der Waals surface area contributed by atoms with E-state index in [1.807, 2.05) is 47.1 Å². The number of amides is 1. The summed E-state index contributed by atoms with van der Waals surface area (Å²) < 4.78 is 24.4. The van der Waals surface area contributed by atoms with Gasteiger partial charge < -0.3 is 19.3 Å². The molecule has 1 saturated heterocycles. The zero-order chi connectivity index (χ0) is 21.5. The number of piperazine rings is 1. The molecule has 0 N–H and O–H groups in total. The first kappa shape index (κ1) is 21.9. The minimum Gasteiger partial charge on any atom is -0.495 e. The Morgan fingerprint density at radius 1 is 1.03 bits per heavy atom. The Morgan fingerprint density at radius 2 is 1.73 bits per heavy atom. The van der Waals surface area contributed by atoms with Crippen LogP contribution in [0.1, 0.15) is 12.5 Å². The molecular formula is C23H30FN3O3. The van der Waals surface area contributed by atoms with E-state index >= 15 is 0 Å². The molecule has 1 heterocycles. The van der Waals surface area contributed by atoms with Crippen LogP contribution in [-0.2, 0) is 11.3 Å². The van der Waals surface area contributed by atoms with Gasteiger partial charge in [-0.3, -0.25) is 9.69 Å². The van der Waals surface area contributed by atoms with Crippen molar-refractivity contribution < 1.29 is 18.7 Å². The molecule has 0 radical (unpaired) electrons. The molecule has 162 valence electrons. The first-order valence-corrected chi connectivity index (χ1v) is 10.3. The second kappa shape index (κ2) is 10.3. The summed E-state index contributed by atoms with van der Waals surface area (Å²) >= 11 is 0. The van der Waals surface area contributed by atoms with Crippen molar-refractivity contribution >= 4 is 11.6 Å². The van der Waals surface area contributed by atoms with Crippen LogP contribution in [0, 0.1) is 5.82 Å². The third-order valence-corrected chi connectivity index (χ3v) is 5.49. The van der Waals surface area contributed by atoms with Crippen LogP contribution in [0.15, 0.2) is 42.5 Å². The zero-order valence-corrected chi connectivity index (χ0v) is 17.9. The van der Waals surface area contributed by atoms with Crippen LogP contribution in [-0.4, -0.2) is 69.2 Å². The summed E-state index contributed by atoms with van der Waals surface area (Å²) in [6.45, 7) is 6.43. The summed E-state index contributed by atoms with van der Waals surface area (Å²) in [5, 5.41) is 0. The highest BCUT2D eigenvalue weighted by molar-refractivity contribution is 5.78. The Labute approximate surface area is 177 Å². The molecule has 0 bridgehead atoms. The molecule has 2 aromatic rings. The molecule has 0 spiro atoms. The SMILES string of the molecule is CCN(CC(=O)N1CCN(c2ccccc2OC)CC1)Cc1ccc(OC)c(F)c1. The Bertz CT molecular complexity index is 853. The molecule has 0 saturated carbocycles. The average molecular weight is 416 g/mol. The van der Waals surface area contributed by atoms with Gasteiger partial charge in [0, 0.05) is 32.7 Å². The molecule has 6 nitrogen and oxygen atoms in total. The number of para-hydroxylation sites is 2. The summed E-state index contributed by atoms with van der Waals surface area (Å²) in [5.41, 5.74) is 1.88. The number of ether oxygens (including phenoxy) is 2. The van der Waals surface area contributed by atoms with Crippen molar-refractivity contribution in [2.75, 3.05) is 58.4 Å². The van der Waals surface area contributed by atoms with Crippen LogP contribution in [0.2, 0.25) is 0 Å². The maximum atomic E-state index is 14.0. The van der Waals surface area contributed by atoms with Gasteiger partial charge >= 0.3 is 0 Å². The lowest BCUT2D eigenvalue weighted by Crippen LogP contribution is -2.51. The van der Waals surface area contributed by atoms with Crippen LogP contribution < -0.4 is 14.4 Å². The number of hydrogen-bond donors (Lipinski definition) is 0. The number of carbonyl (C=O) groups excluding carboxylic acids is 1. The van der Waals surface area contributed by atoms with Crippen molar-refractivity contribution in [2.24, 2.45) is 0 Å². The molecule has 30 heavy (non-hydrogen) atoms. The predicted molar refractivity (Wildman–Crippen MR) is 116 cm³/mol. The molecule has 1 amide bonds. The third kappa shape index (κ3) is 5.21. The number of likely N-dealkylation sites (N-methyl/N-ethyl adjacent to an activating group) is 1. The maximum absolute atomic E-state index is 14.0. The highest BCUT2D eigenvalue weighted by atomic mass is 19.1. The number of carbonyl (C=O) groups is 1. The van der Waals surface area contributed by atoms with Crippen molar-refractivity contribution in [1.82, 2.24) is 9.80 Å². The molecule has 2 aromatic carbocycles. The Kier molecular flexibility index (Phi) is 7.52. The lowest BCUT2D eigenvalue weighted by Gasteiger charge is -2.37. The predicted octanol–water partition coefficient (Wildman–Crippen LogP) is 3.01. The monoisotopic (exact) mass is 415 g/mol. The molecule has 3 rings (SSSR count). The van der Waals surface area contributed by atoms with Crippen molar-refractivity contribution in [3.8, 4) is 11.5 Å². The first-order valence-electron chi connectivity index (χ1n) is 10.3. The Hall–Kier alpha value is -2.80. The van der Waals surface area contributed by atoms with Crippen LogP contribution in [0.3, 0.4) is 0 Å². The molecule has 1 aliphatic rings. The molecule has 0 unspecified atom stereocenters. The minimum absolute atomic E-state index is 0.102. The normalized spacial score (nSPS) is 14.2. The van der Waals surface area contributed by atoms with Gasteiger partial charge in [0.05, 0.1) is 26.5 Å². The topological polar surface area (TPSA) is 45.3 Å². The fourth-order valence-corrected chi connectivity index (χ4v) is 3.73. The van der Waals surface area contributed by atoms with Gasteiger partial charge in [-0.05, 0) is 36.4 Å². The fraction of sp³-hybridized carbons (Fsp3) is 0.435. The van der Waals surface area contributed by atoms with Gasteiger partial charge in [0.2, 0.25) is 5.91 Å². The van der Waals surface area contributed by atoms with E-state index in [4.69, 9.17) is 9.47 Å². The molecule has 1 aliphatic heterocycles. The van der Waals surface area contributed by atoms with E-state index in [1.165, 1.54) is 13.2 Å². The van der Waals surface area contributed by atoms with E-state index in [2.05, 4.69) is 4.90 Å². The Morgan fingerprint density at radius 3 is 2.37 bits per heavy atom. The smallest absolute Gasteiger partial charge is 0.236 e. The number of methoxy groups -OCH3 is 2. The van der Waals surface area contributed by atoms with E-state index in [1.54, 1.807) is 13.2 Å². The first-order chi connectivity index (χ1) is 14.5. The number of rotatable bonds is 8. The lowest BCUT2D eigenvalue weighted by molar-refractivity contribution is -0.132. The number of halogens is 1. The van der Waals surface area contributed by atoms with E-state index in [0.29, 0.717) is 32.7 Å². The quantitative estimate of drug-likeness (QED) is 0.663. The standard InChI is InChI=1S/C23H30FN3O3/c1-4-25(16-18-9-10-21(29-2)19(24)15-18)17-23(28)27-13-11-26(12-14-27)20-7-5-6-8-22(20)30-3/h5-10,15H,4,11-14,16-17H2,1-3H3. The van der Waals surface area contributed by atoms with Crippen LogP contribution in [0.4, 0.5) is 10.1 Å². The Balaban J connectivity index is 1.54. The summed E-state index contributed by atoms with van der Waals surface area (Å²) in [5.74, 6) is 0.794. The van der Waals surface area contributed by atoms with Crippen molar-refractivity contribution in [2.45, 2.75) is 13.5 Å². The van der Waals surface area contributed by atoms with Crippen LogP contribution in [0.25, 0.3) is 0 Å². The number of benzene rings is 2. The van der Waals surface area contributed by atoms with Crippen LogP contribution >= 0.6 is 0 Å². The number of nitrogens with zero attached hydrogens (tertiary/aromatic N) is 3. The van der Waals surface area contributed by atoms with Gasteiger partial charge in [-0.15, -0.1) is 0 Å². The molecule has 0 atom stereocenters. The summed E-state index contributed by atoms with van der Waals surface area (Å²) in [7, 11) is 3.12. The van der Waals surface area contributed by atoms with E-state index < -0.39 is 0 Å². The zero-order valence-electron chi connectivity index (χ0n) is 17.9. The average Bonchev–Trinajstić information content (AvgIpc) is 2.78. The minimum atomic E-state index is -0.384. The lowest BCUT2D eigenvalue weighted by atomic mass is 10.2. The second-order valence-corrected chi connectivity index (χ2v) is 7.31. The van der Waals surface area contributed by atoms with E-state index in [0.717, 1.165) is 30.1 Å². The number of anilines is 1. The highest BCUT2D eigenvalue weighted by Crippen LogP contribution is 2.28. The second-order valence-electron chi connectivity index (χ2n) is 7.31. The summed E-state index contributed by atoms with van der Waals surface area (Å²) in [6.07, 6.45) is 0. The van der Waals surface area contributed by atoms with Gasteiger partial charge in [0.1, 0.15) is 5.75 Å². The van der Waals surface area contributed by atoms with Crippen molar-refractivity contribution in [3.05, 3.63) is 53.8 Å². The van der Waals surface area contributed by atoms with E-state index in [9.17, 15) is 9.18 Å². The third-order valence-electron chi connectivity index (χ3n) is 5.49. The van der Waals surface area contributed by atoms with Crippen molar-refractivity contribution in [1.29, 1.82) is 0 Å². The largest absolute Gasteiger partial charge is 0.495 e. The molecular weight excluding hydrogens is 385 g/mol. The van der Waals surface area contributed by atoms with Gasteiger partial charge in [0.15, 0.2) is 11.6 Å². The number of hydrogen-bond acceptors (Lipinski definition) is 5. The molecule has 7 heteroatoms. The molecule has 1 fully saturated rings. The van der Waals surface area contributed by atoms with Gasteiger partial charge in [-0.2, -0.15) is 0 Å². The fourth-order valence-electron chi connectivity index (χ4n) is 3.73. The molecule has 0 aromatic heterocycles. The van der Waals surface area contributed by atoms with Gasteiger partial charge in [-0.1, -0.05) is 25.1 Å². The molecule has 0 aliphatic carbocycles. The van der Waals surface area contributed by atoms with Crippen molar-refractivity contribution in [3.63, 3.8) is 0 Å². The highest BCUT2D eigenvalue weighted by Gasteiger charge is 2.24. The summed E-state index contributed by atoms with van der Waals surface area (Å²) in [6, 6.07) is 12.9. The van der Waals surface area contributed by atoms with Crippen LogP contribution in [0.5, 0.6) is 11.5 Å².